The Bertz CT molecular complexity index is 839. The number of hydrogen-bond acceptors (Lipinski definition) is 1. The van der Waals surface area contributed by atoms with Gasteiger partial charge in [-0.05, 0) is 60.0 Å². The second-order valence-electron chi connectivity index (χ2n) is 5.80. The molecule has 112 valence electrons. The van der Waals surface area contributed by atoms with Gasteiger partial charge in [-0.2, -0.15) is 0 Å². The topological polar surface area (TPSA) is 14.2 Å². The highest BCUT2D eigenvalue weighted by molar-refractivity contribution is 9.11. The van der Waals surface area contributed by atoms with E-state index in [2.05, 4.69) is 63.0 Å². The van der Waals surface area contributed by atoms with E-state index < -0.39 is 0 Å². The van der Waals surface area contributed by atoms with E-state index in [0.29, 0.717) is 0 Å². The average Bonchev–Trinajstić information content (AvgIpc) is 2.88. The maximum Gasteiger partial charge on any atom is 0.120 e. The summed E-state index contributed by atoms with van der Waals surface area (Å²) in [6.45, 7) is 0. The highest BCUT2D eigenvalue weighted by Crippen LogP contribution is 2.39. The van der Waals surface area contributed by atoms with Gasteiger partial charge in [0.05, 0.1) is 18.3 Å². The van der Waals surface area contributed by atoms with E-state index in [9.17, 15) is 0 Å². The molecule has 1 aromatic carbocycles. The van der Waals surface area contributed by atoms with Crippen molar-refractivity contribution in [2.24, 2.45) is 0 Å². The largest absolute Gasteiger partial charge is 0.497 e. The molecule has 0 aliphatic heterocycles. The van der Waals surface area contributed by atoms with Crippen LogP contribution >= 0.6 is 15.9 Å². The molecule has 1 heterocycles. The third kappa shape index (κ3) is 2.15. The Morgan fingerprint density at radius 1 is 1.18 bits per heavy atom. The maximum atomic E-state index is 5.45. The van der Waals surface area contributed by atoms with Crippen molar-refractivity contribution in [3.05, 3.63) is 52.2 Å². The molecular formula is C19H18BrNO. The molecular weight excluding hydrogens is 338 g/mol. The van der Waals surface area contributed by atoms with E-state index in [1.54, 1.807) is 7.11 Å². The number of aryl methyl sites for hydroxylation is 1. The molecule has 0 amide bonds. The van der Waals surface area contributed by atoms with Crippen LogP contribution in [-0.2, 0) is 6.42 Å². The first-order valence-corrected chi connectivity index (χ1v) is 8.50. The first-order valence-electron chi connectivity index (χ1n) is 7.71. The monoisotopic (exact) mass is 355 g/mol. The number of rotatable bonds is 2. The van der Waals surface area contributed by atoms with Crippen LogP contribution in [0.1, 0.15) is 30.5 Å². The van der Waals surface area contributed by atoms with E-state index in [4.69, 9.17) is 4.74 Å². The molecule has 0 atom stereocenters. The average molecular weight is 356 g/mol. The molecule has 0 radical (unpaired) electrons. The zero-order valence-electron chi connectivity index (χ0n) is 12.6. The van der Waals surface area contributed by atoms with Crippen LogP contribution in [0.2, 0.25) is 0 Å². The van der Waals surface area contributed by atoms with Gasteiger partial charge in [-0.1, -0.05) is 28.1 Å². The van der Waals surface area contributed by atoms with Crippen LogP contribution in [0.3, 0.4) is 0 Å². The highest BCUT2D eigenvalue weighted by atomic mass is 79.9. The molecule has 2 aliphatic carbocycles. The molecule has 0 spiro atoms. The number of fused-ring (bicyclic) bond motifs is 3. The van der Waals surface area contributed by atoms with Crippen molar-refractivity contribution in [3.8, 4) is 5.75 Å². The summed E-state index contributed by atoms with van der Waals surface area (Å²) in [4.78, 5) is 0. The zero-order chi connectivity index (χ0) is 15.1. The Morgan fingerprint density at radius 3 is 2.86 bits per heavy atom. The summed E-state index contributed by atoms with van der Waals surface area (Å²) >= 11 is 3.69. The van der Waals surface area contributed by atoms with Gasteiger partial charge in [0, 0.05) is 17.1 Å². The lowest BCUT2D eigenvalue weighted by Gasteiger charge is -2.17. The van der Waals surface area contributed by atoms with Crippen LogP contribution in [0.5, 0.6) is 5.75 Å². The van der Waals surface area contributed by atoms with Crippen molar-refractivity contribution in [2.45, 2.75) is 25.7 Å². The molecule has 0 fully saturated rings. The van der Waals surface area contributed by atoms with Gasteiger partial charge in [0.25, 0.3) is 0 Å². The Labute approximate surface area is 138 Å². The number of methoxy groups -OCH3 is 1. The van der Waals surface area contributed by atoms with Crippen molar-refractivity contribution in [1.82, 2.24) is 4.57 Å². The predicted molar refractivity (Wildman–Crippen MR) is 96.4 cm³/mol. The number of nitrogens with zero attached hydrogens (tertiary/aromatic N) is 1. The summed E-state index contributed by atoms with van der Waals surface area (Å²) in [5.74, 6) is 0.915. The van der Waals surface area contributed by atoms with E-state index in [0.717, 1.165) is 31.4 Å². The van der Waals surface area contributed by atoms with E-state index in [-0.39, 0.29) is 0 Å². The van der Waals surface area contributed by atoms with Crippen LogP contribution in [0, 0.1) is 0 Å². The smallest absolute Gasteiger partial charge is 0.120 e. The number of halogens is 1. The predicted octanol–water partition coefficient (Wildman–Crippen LogP) is 5.52. The van der Waals surface area contributed by atoms with Crippen molar-refractivity contribution < 1.29 is 4.74 Å². The Hall–Kier alpha value is -1.74. The summed E-state index contributed by atoms with van der Waals surface area (Å²) in [7, 11) is 1.73. The third-order valence-corrected chi connectivity index (χ3v) is 5.13. The number of benzene rings is 1. The summed E-state index contributed by atoms with van der Waals surface area (Å²) in [5, 5.41) is 1.35. The lowest BCUT2D eigenvalue weighted by molar-refractivity contribution is 0.415. The van der Waals surface area contributed by atoms with Gasteiger partial charge >= 0.3 is 0 Å². The SMILES string of the molecule is COc1ccc2c3c(n(C4=CC=CCC4)c2c1)C=C(Br)CC3. The van der Waals surface area contributed by atoms with Gasteiger partial charge in [0.1, 0.15) is 5.75 Å². The Kier molecular flexibility index (Phi) is 3.45. The van der Waals surface area contributed by atoms with Crippen LogP contribution < -0.4 is 4.74 Å². The fraction of sp³-hybridized carbons (Fsp3) is 0.263. The van der Waals surface area contributed by atoms with Crippen LogP contribution in [0.4, 0.5) is 0 Å². The summed E-state index contributed by atoms with van der Waals surface area (Å²) < 4.78 is 9.14. The minimum absolute atomic E-state index is 0.915. The van der Waals surface area contributed by atoms with Crippen LogP contribution in [-0.4, -0.2) is 11.7 Å². The lowest BCUT2D eigenvalue weighted by atomic mass is 10.0. The van der Waals surface area contributed by atoms with E-state index in [1.807, 2.05) is 0 Å². The van der Waals surface area contributed by atoms with E-state index in [1.165, 1.54) is 32.3 Å². The molecule has 2 aliphatic rings. The molecule has 4 rings (SSSR count). The molecule has 0 N–H and O–H groups in total. The van der Waals surface area contributed by atoms with Crippen molar-refractivity contribution in [1.29, 1.82) is 0 Å². The van der Waals surface area contributed by atoms with Crippen molar-refractivity contribution in [3.63, 3.8) is 0 Å². The number of hydrogen-bond donors (Lipinski definition) is 0. The maximum absolute atomic E-state index is 5.45. The minimum Gasteiger partial charge on any atom is -0.497 e. The van der Waals surface area contributed by atoms with Gasteiger partial charge < -0.3 is 9.30 Å². The molecule has 3 heteroatoms. The molecule has 2 aromatic rings. The van der Waals surface area contributed by atoms with Crippen molar-refractivity contribution >= 4 is 38.6 Å². The third-order valence-electron chi connectivity index (χ3n) is 4.51. The molecule has 0 saturated carbocycles. The highest BCUT2D eigenvalue weighted by Gasteiger charge is 2.21. The second kappa shape index (κ2) is 5.47. The molecule has 22 heavy (non-hydrogen) atoms. The van der Waals surface area contributed by atoms with Gasteiger partial charge in [0.2, 0.25) is 0 Å². The number of aromatic nitrogens is 1. The molecule has 0 unspecified atom stereocenters. The first-order chi connectivity index (χ1) is 10.8. The standard InChI is InChI=1S/C19H18BrNO/c1-22-15-8-10-17-16-9-7-13(20)11-18(16)21(19(17)12-15)14-5-3-2-4-6-14/h2-3,5,8,10-12H,4,6-7,9H2,1H3. The molecule has 0 bridgehead atoms. The van der Waals surface area contributed by atoms with Gasteiger partial charge in [-0.3, -0.25) is 0 Å². The van der Waals surface area contributed by atoms with Crippen LogP contribution in [0.15, 0.2) is 40.9 Å². The first kappa shape index (κ1) is 13.9. The quantitative estimate of drug-likeness (QED) is 0.691. The van der Waals surface area contributed by atoms with Gasteiger partial charge in [-0.15, -0.1) is 0 Å². The van der Waals surface area contributed by atoms with E-state index >= 15 is 0 Å². The summed E-state index contributed by atoms with van der Waals surface area (Å²) in [5.41, 5.74) is 5.39. The minimum atomic E-state index is 0.915. The van der Waals surface area contributed by atoms with Crippen LogP contribution in [0.25, 0.3) is 22.7 Å². The van der Waals surface area contributed by atoms with Crippen molar-refractivity contribution in [2.75, 3.05) is 7.11 Å². The molecule has 1 aromatic heterocycles. The lowest BCUT2D eigenvalue weighted by Crippen LogP contribution is -2.04. The fourth-order valence-electron chi connectivity index (χ4n) is 3.45. The second-order valence-corrected chi connectivity index (χ2v) is 6.82. The van der Waals surface area contributed by atoms with Gasteiger partial charge in [0.15, 0.2) is 0 Å². The van der Waals surface area contributed by atoms with Gasteiger partial charge in [-0.25, -0.2) is 0 Å². The normalized spacial score (nSPS) is 17.2. The Balaban J connectivity index is 2.05. The molecule has 0 saturated heterocycles. The summed E-state index contributed by atoms with van der Waals surface area (Å²) in [6, 6.07) is 6.43. The number of ether oxygens (including phenoxy) is 1. The molecule has 2 nitrogen and oxygen atoms in total. The number of allylic oxidation sites excluding steroid dienone is 5. The fourth-order valence-corrected chi connectivity index (χ4v) is 3.86. The zero-order valence-corrected chi connectivity index (χ0v) is 14.2. The Morgan fingerprint density at radius 2 is 2.09 bits per heavy atom. The summed E-state index contributed by atoms with van der Waals surface area (Å²) in [6.07, 6.45) is 13.3.